The lowest BCUT2D eigenvalue weighted by Crippen LogP contribution is -2.11. The number of rotatable bonds is 9. The number of aliphatic imine (C=N–C) groups is 2. The molecule has 35 heavy (non-hydrogen) atoms. The lowest BCUT2D eigenvalue weighted by Gasteiger charge is -2.15. The summed E-state index contributed by atoms with van der Waals surface area (Å²) in [6.07, 6.45) is 5.13. The smallest absolute Gasteiger partial charge is 0.162 e. The first-order valence-corrected chi connectivity index (χ1v) is 12.8. The average molecular weight is 477 g/mol. The molecule has 2 aromatic rings. The van der Waals surface area contributed by atoms with Gasteiger partial charge in [0.2, 0.25) is 0 Å². The predicted octanol–water partition coefficient (Wildman–Crippen LogP) is 8.84. The van der Waals surface area contributed by atoms with E-state index in [4.69, 9.17) is 0 Å². The van der Waals surface area contributed by atoms with Crippen LogP contribution in [-0.2, 0) is 13.0 Å². The van der Waals surface area contributed by atoms with Gasteiger partial charge in [0.05, 0.1) is 6.54 Å². The lowest BCUT2D eigenvalue weighted by atomic mass is 9.90. The fourth-order valence-corrected chi connectivity index (χ4v) is 4.10. The fraction of sp³-hybridized carbons (Fsp3) is 0.469. The molecule has 0 fully saturated rings. The van der Waals surface area contributed by atoms with Crippen molar-refractivity contribution in [2.75, 3.05) is 7.05 Å². The van der Waals surface area contributed by atoms with Crippen molar-refractivity contribution in [2.24, 2.45) is 15.9 Å². The minimum Gasteiger partial charge on any atom is -0.294 e. The molecular weight excluding hydrogens is 428 g/mol. The number of hydrogen-bond acceptors (Lipinski definition) is 3. The molecule has 1 unspecified atom stereocenters. The molecule has 0 bridgehead atoms. The second-order valence-electron chi connectivity index (χ2n) is 8.29. The van der Waals surface area contributed by atoms with E-state index >= 15 is 0 Å². The summed E-state index contributed by atoms with van der Waals surface area (Å²) in [5.41, 5.74) is 8.83. The van der Waals surface area contributed by atoms with E-state index in [-0.39, 0.29) is 13.2 Å². The van der Waals surface area contributed by atoms with Gasteiger partial charge in [0.1, 0.15) is 0 Å². The Labute approximate surface area is 215 Å². The molecule has 1 heterocycles. The third kappa shape index (κ3) is 9.05. The summed E-state index contributed by atoms with van der Waals surface area (Å²) < 4.78 is 0. The van der Waals surface area contributed by atoms with Gasteiger partial charge >= 0.3 is 0 Å². The van der Waals surface area contributed by atoms with Crippen LogP contribution in [0.4, 0.5) is 0 Å². The Hall–Kier alpha value is -2.81. The van der Waals surface area contributed by atoms with Crippen LogP contribution in [0.2, 0.25) is 0 Å². The summed E-state index contributed by atoms with van der Waals surface area (Å²) in [6, 6.07) is 12.5. The lowest BCUT2D eigenvalue weighted by molar-refractivity contribution is 0.0975. The molecule has 0 saturated heterocycles. The van der Waals surface area contributed by atoms with Gasteiger partial charge in [-0.3, -0.25) is 14.8 Å². The molecule has 0 radical (unpaired) electrons. The molecule has 3 nitrogen and oxygen atoms in total. The zero-order chi connectivity index (χ0) is 25.7. The van der Waals surface area contributed by atoms with Crippen LogP contribution in [-0.4, -0.2) is 24.8 Å². The predicted molar refractivity (Wildman–Crippen MR) is 157 cm³/mol. The molecule has 2 aromatic carbocycles. The molecule has 192 valence electrons. The van der Waals surface area contributed by atoms with Gasteiger partial charge in [-0.2, -0.15) is 0 Å². The SMILES string of the molecule is C.C=C(C)C(CC)CCC(=O)c1ccc(C)c(C(Cc2ccc3c(c2)C=NC3)=NC)c1.CC.CC. The summed E-state index contributed by atoms with van der Waals surface area (Å²) in [7, 11) is 1.83. The summed E-state index contributed by atoms with van der Waals surface area (Å²) in [5.74, 6) is 0.607. The topological polar surface area (TPSA) is 41.8 Å². The van der Waals surface area contributed by atoms with Crippen LogP contribution in [0.25, 0.3) is 0 Å². The molecular formula is C32H48N2O. The summed E-state index contributed by atoms with van der Waals surface area (Å²) in [4.78, 5) is 21.8. The zero-order valence-corrected chi connectivity index (χ0v) is 22.7. The maximum Gasteiger partial charge on any atom is 0.162 e. The molecule has 1 aliphatic rings. The number of ketones is 1. The minimum atomic E-state index is 0. The van der Waals surface area contributed by atoms with Gasteiger partial charge < -0.3 is 0 Å². The van der Waals surface area contributed by atoms with E-state index in [0.29, 0.717) is 12.3 Å². The highest BCUT2D eigenvalue weighted by atomic mass is 16.1. The number of aryl methyl sites for hydroxylation is 1. The largest absolute Gasteiger partial charge is 0.294 e. The van der Waals surface area contributed by atoms with Crippen molar-refractivity contribution in [2.45, 2.75) is 88.1 Å². The van der Waals surface area contributed by atoms with Gasteiger partial charge in [-0.1, -0.05) is 78.5 Å². The van der Waals surface area contributed by atoms with Crippen LogP contribution in [0.15, 0.2) is 58.5 Å². The quantitative estimate of drug-likeness (QED) is 0.202. The number of benzene rings is 2. The molecule has 1 aliphatic heterocycles. The number of Topliss-reactive ketones (excluding diaryl/α,β-unsaturated/α-hetero) is 1. The van der Waals surface area contributed by atoms with Crippen molar-refractivity contribution in [3.63, 3.8) is 0 Å². The van der Waals surface area contributed by atoms with Gasteiger partial charge in [0.15, 0.2) is 5.78 Å². The standard InChI is InChI=1S/C27H32N2O.2C2H6.CH4/c1-6-21(18(2)3)11-12-27(30)22-9-7-19(4)25(15-22)26(28-5)14-20-8-10-23-16-29-17-24(23)13-20;2*1-2;/h7-10,13,15,17,21H,2,6,11-12,14,16H2,1,3-5H3;2*1-2H3;1H4. The highest BCUT2D eigenvalue weighted by molar-refractivity contribution is 6.06. The van der Waals surface area contributed by atoms with E-state index < -0.39 is 0 Å². The van der Waals surface area contributed by atoms with E-state index in [1.165, 1.54) is 16.7 Å². The third-order valence-corrected chi connectivity index (χ3v) is 6.12. The Balaban J connectivity index is 0.00000220. The monoisotopic (exact) mass is 476 g/mol. The second-order valence-corrected chi connectivity index (χ2v) is 8.29. The van der Waals surface area contributed by atoms with Crippen molar-refractivity contribution in [3.05, 3.63) is 81.9 Å². The minimum absolute atomic E-state index is 0. The van der Waals surface area contributed by atoms with Gasteiger partial charge in [0, 0.05) is 37.4 Å². The van der Waals surface area contributed by atoms with E-state index in [9.17, 15) is 4.79 Å². The van der Waals surface area contributed by atoms with Crippen molar-refractivity contribution >= 4 is 17.7 Å². The Morgan fingerprint density at radius 2 is 1.80 bits per heavy atom. The molecule has 3 rings (SSSR count). The van der Waals surface area contributed by atoms with E-state index in [1.54, 1.807) is 0 Å². The van der Waals surface area contributed by atoms with Crippen molar-refractivity contribution in [1.29, 1.82) is 0 Å². The second kappa shape index (κ2) is 16.8. The number of hydrogen-bond donors (Lipinski definition) is 0. The first-order chi connectivity index (χ1) is 16.4. The Bertz CT molecular complexity index is 1010. The molecule has 0 aromatic heterocycles. The van der Waals surface area contributed by atoms with Crippen molar-refractivity contribution < 1.29 is 4.79 Å². The normalized spacial score (nSPS) is 12.3. The van der Waals surface area contributed by atoms with Crippen LogP contribution in [0.1, 0.15) is 106 Å². The molecule has 0 spiro atoms. The number of nitrogens with zero attached hydrogens (tertiary/aromatic N) is 2. The van der Waals surface area contributed by atoms with E-state index in [1.807, 2.05) is 59.2 Å². The number of carbonyl (C=O) groups is 1. The molecule has 0 saturated carbocycles. The summed E-state index contributed by atoms with van der Waals surface area (Å²) in [6.45, 7) is 19.1. The maximum absolute atomic E-state index is 12.9. The Kier molecular flexibility index (Phi) is 15.4. The van der Waals surface area contributed by atoms with Gasteiger partial charge in [-0.25, -0.2) is 0 Å². The zero-order valence-electron chi connectivity index (χ0n) is 22.7. The van der Waals surface area contributed by atoms with Crippen LogP contribution < -0.4 is 0 Å². The highest BCUT2D eigenvalue weighted by Crippen LogP contribution is 2.23. The number of carbonyl (C=O) groups excluding carboxylic acids is 1. The summed E-state index contributed by atoms with van der Waals surface area (Å²) in [5, 5.41) is 0. The first kappa shape index (κ1) is 32.2. The number of fused-ring (bicyclic) bond motifs is 1. The highest BCUT2D eigenvalue weighted by Gasteiger charge is 2.15. The molecule has 3 heteroatoms. The fourth-order valence-electron chi connectivity index (χ4n) is 4.10. The average Bonchev–Trinajstić information content (AvgIpc) is 3.33. The van der Waals surface area contributed by atoms with Gasteiger partial charge in [-0.05, 0) is 72.6 Å². The summed E-state index contributed by atoms with van der Waals surface area (Å²) >= 11 is 0. The third-order valence-electron chi connectivity index (χ3n) is 6.12. The van der Waals surface area contributed by atoms with Crippen molar-refractivity contribution in [3.8, 4) is 0 Å². The van der Waals surface area contributed by atoms with E-state index in [2.05, 4.69) is 55.5 Å². The van der Waals surface area contributed by atoms with Gasteiger partial charge in [-0.15, -0.1) is 0 Å². The molecule has 0 N–H and O–H groups in total. The molecule has 0 amide bonds. The Morgan fingerprint density at radius 3 is 2.40 bits per heavy atom. The van der Waals surface area contributed by atoms with Gasteiger partial charge in [0.25, 0.3) is 0 Å². The molecule has 0 aliphatic carbocycles. The van der Waals surface area contributed by atoms with Crippen LogP contribution in [0.5, 0.6) is 0 Å². The van der Waals surface area contributed by atoms with E-state index in [0.717, 1.165) is 53.8 Å². The van der Waals surface area contributed by atoms with Crippen molar-refractivity contribution in [1.82, 2.24) is 0 Å². The maximum atomic E-state index is 12.9. The molecule has 1 atom stereocenters. The van der Waals surface area contributed by atoms with Crippen LogP contribution in [0, 0.1) is 12.8 Å². The Morgan fingerprint density at radius 1 is 1.11 bits per heavy atom. The first-order valence-electron chi connectivity index (χ1n) is 12.8. The number of allylic oxidation sites excluding steroid dienone is 1. The van der Waals surface area contributed by atoms with Crippen LogP contribution in [0.3, 0.4) is 0 Å². The van der Waals surface area contributed by atoms with Crippen LogP contribution >= 0.6 is 0 Å².